The lowest BCUT2D eigenvalue weighted by Gasteiger charge is -2.16. The van der Waals surface area contributed by atoms with Gasteiger partial charge in [-0.25, -0.2) is 0 Å². The first-order chi connectivity index (χ1) is 15.2. The number of fused-ring (bicyclic) bond motifs is 1. The smallest absolute Gasteiger partial charge is 0.418 e. The number of carbonyl (C=O) groups is 2. The van der Waals surface area contributed by atoms with Crippen molar-refractivity contribution >= 4 is 51.9 Å². The third-order valence-corrected chi connectivity index (χ3v) is 6.01. The zero-order chi connectivity index (χ0) is 22.9. The van der Waals surface area contributed by atoms with Gasteiger partial charge in [-0.15, -0.1) is 0 Å². The number of para-hydroxylation sites is 1. The predicted molar refractivity (Wildman–Crippen MR) is 117 cm³/mol. The van der Waals surface area contributed by atoms with E-state index in [4.69, 9.17) is 21.7 Å². The zero-order valence-electron chi connectivity index (χ0n) is 16.3. The molecular formula is C21H15F3N2O4S2. The van der Waals surface area contributed by atoms with E-state index >= 15 is 0 Å². The number of thioether (sulfide) groups is 1. The van der Waals surface area contributed by atoms with E-state index in [2.05, 4.69) is 5.32 Å². The molecule has 0 radical (unpaired) electrons. The molecule has 2 aromatic carbocycles. The van der Waals surface area contributed by atoms with Crippen LogP contribution in [0.2, 0.25) is 0 Å². The van der Waals surface area contributed by atoms with E-state index in [0.29, 0.717) is 16.4 Å². The van der Waals surface area contributed by atoms with Crippen molar-refractivity contribution in [2.24, 2.45) is 0 Å². The van der Waals surface area contributed by atoms with E-state index in [9.17, 15) is 22.8 Å². The molecule has 2 amide bonds. The first-order valence-corrected chi connectivity index (χ1v) is 10.6. The number of ether oxygens (including phenoxy) is 2. The van der Waals surface area contributed by atoms with Crippen LogP contribution in [0.5, 0.6) is 11.5 Å². The second-order valence-electron chi connectivity index (χ2n) is 6.79. The van der Waals surface area contributed by atoms with Crippen LogP contribution in [0.1, 0.15) is 17.5 Å². The van der Waals surface area contributed by atoms with Gasteiger partial charge in [-0.3, -0.25) is 14.5 Å². The number of nitrogens with one attached hydrogen (secondary N) is 1. The van der Waals surface area contributed by atoms with Crippen LogP contribution in [0.25, 0.3) is 6.08 Å². The molecule has 0 aromatic heterocycles. The monoisotopic (exact) mass is 480 g/mol. The Morgan fingerprint density at radius 3 is 2.72 bits per heavy atom. The van der Waals surface area contributed by atoms with Crippen molar-refractivity contribution in [2.45, 2.75) is 12.6 Å². The van der Waals surface area contributed by atoms with E-state index in [1.807, 2.05) is 0 Å². The summed E-state index contributed by atoms with van der Waals surface area (Å²) in [4.78, 5) is 26.6. The molecule has 0 atom stereocenters. The number of thiocarbonyl (C=S) groups is 1. The Bertz CT molecular complexity index is 1130. The van der Waals surface area contributed by atoms with Crippen LogP contribution < -0.4 is 14.8 Å². The van der Waals surface area contributed by atoms with Crippen molar-refractivity contribution < 1.29 is 32.2 Å². The first kappa shape index (κ1) is 22.2. The Kier molecular flexibility index (Phi) is 6.11. The van der Waals surface area contributed by atoms with Crippen LogP contribution in [0.3, 0.4) is 0 Å². The van der Waals surface area contributed by atoms with E-state index in [1.54, 1.807) is 24.3 Å². The number of hydrogen-bond donors (Lipinski definition) is 1. The molecule has 0 saturated carbocycles. The predicted octanol–water partition coefficient (Wildman–Crippen LogP) is 4.66. The van der Waals surface area contributed by atoms with Crippen molar-refractivity contribution in [3.8, 4) is 11.5 Å². The summed E-state index contributed by atoms with van der Waals surface area (Å²) in [6.45, 7) is 0.0829. The van der Waals surface area contributed by atoms with Gasteiger partial charge in [0, 0.05) is 13.0 Å². The maximum absolute atomic E-state index is 13.1. The van der Waals surface area contributed by atoms with E-state index in [-0.39, 0.29) is 35.7 Å². The summed E-state index contributed by atoms with van der Waals surface area (Å²) in [7, 11) is 0. The number of amides is 2. The molecule has 4 rings (SSSR count). The molecule has 6 nitrogen and oxygen atoms in total. The fraction of sp³-hybridized carbons (Fsp3) is 0.190. The third-order valence-electron chi connectivity index (χ3n) is 4.64. The molecule has 32 heavy (non-hydrogen) atoms. The fourth-order valence-electron chi connectivity index (χ4n) is 3.11. The SMILES string of the molecule is O=C(CCN1C(=O)/C(=C/c2ccc3c(c2)OCO3)SC1=S)Nc1ccccc1C(F)(F)F. The average molecular weight is 480 g/mol. The Morgan fingerprint density at radius 1 is 1.19 bits per heavy atom. The van der Waals surface area contributed by atoms with Crippen molar-refractivity contribution in [3.63, 3.8) is 0 Å². The molecule has 2 heterocycles. The number of rotatable bonds is 5. The summed E-state index contributed by atoms with van der Waals surface area (Å²) < 4.78 is 50.1. The third kappa shape index (κ3) is 4.73. The van der Waals surface area contributed by atoms with E-state index < -0.39 is 17.6 Å². The summed E-state index contributed by atoms with van der Waals surface area (Å²) in [5, 5.41) is 2.26. The molecular weight excluding hydrogens is 465 g/mol. The first-order valence-electron chi connectivity index (χ1n) is 9.33. The summed E-state index contributed by atoms with van der Waals surface area (Å²) in [5.74, 6) is 0.162. The molecule has 0 unspecified atom stereocenters. The molecule has 2 aliphatic rings. The molecule has 166 valence electrons. The van der Waals surface area contributed by atoms with Gasteiger partial charge in [-0.05, 0) is 35.9 Å². The Morgan fingerprint density at radius 2 is 1.94 bits per heavy atom. The summed E-state index contributed by atoms with van der Waals surface area (Å²) in [6.07, 6.45) is -3.15. The molecule has 2 aromatic rings. The van der Waals surface area contributed by atoms with Crippen LogP contribution >= 0.6 is 24.0 Å². The number of anilines is 1. The maximum atomic E-state index is 13.1. The van der Waals surface area contributed by atoms with Gasteiger partial charge < -0.3 is 14.8 Å². The quantitative estimate of drug-likeness (QED) is 0.496. The summed E-state index contributed by atoms with van der Waals surface area (Å²) >= 11 is 6.33. The highest BCUT2D eigenvalue weighted by Gasteiger charge is 2.34. The van der Waals surface area contributed by atoms with Gasteiger partial charge in [-0.2, -0.15) is 13.2 Å². The fourth-order valence-corrected chi connectivity index (χ4v) is 4.42. The lowest BCUT2D eigenvalue weighted by Crippen LogP contribution is -2.31. The molecule has 0 bridgehead atoms. The molecule has 1 fully saturated rings. The Hall–Kier alpha value is -3.05. The highest BCUT2D eigenvalue weighted by Crippen LogP contribution is 2.37. The van der Waals surface area contributed by atoms with Gasteiger partial charge in [0.2, 0.25) is 12.7 Å². The number of benzene rings is 2. The van der Waals surface area contributed by atoms with Gasteiger partial charge >= 0.3 is 6.18 Å². The van der Waals surface area contributed by atoms with Gasteiger partial charge in [0.25, 0.3) is 5.91 Å². The van der Waals surface area contributed by atoms with Crippen LogP contribution in [-0.2, 0) is 15.8 Å². The number of nitrogens with zero attached hydrogens (tertiary/aromatic N) is 1. The summed E-state index contributed by atoms with van der Waals surface area (Å²) in [6, 6.07) is 9.94. The number of halogens is 3. The highest BCUT2D eigenvalue weighted by atomic mass is 32.2. The molecule has 0 spiro atoms. The van der Waals surface area contributed by atoms with Gasteiger partial charge in [0.15, 0.2) is 11.5 Å². The maximum Gasteiger partial charge on any atom is 0.418 e. The minimum absolute atomic E-state index is 0.0524. The van der Waals surface area contributed by atoms with Crippen molar-refractivity contribution in [1.82, 2.24) is 4.90 Å². The summed E-state index contributed by atoms with van der Waals surface area (Å²) in [5.41, 5.74) is -0.556. The topological polar surface area (TPSA) is 67.9 Å². The molecule has 11 heteroatoms. The number of carbonyl (C=O) groups excluding carboxylic acids is 2. The zero-order valence-corrected chi connectivity index (χ0v) is 17.9. The average Bonchev–Trinajstić information content (AvgIpc) is 3.30. The minimum atomic E-state index is -4.60. The number of alkyl halides is 3. The van der Waals surface area contributed by atoms with Crippen LogP contribution in [0, 0.1) is 0 Å². The van der Waals surface area contributed by atoms with Gasteiger partial charge in [0.05, 0.1) is 16.2 Å². The minimum Gasteiger partial charge on any atom is -0.454 e. The molecule has 1 N–H and O–H groups in total. The Labute approximate surface area is 190 Å². The lowest BCUT2D eigenvalue weighted by atomic mass is 10.1. The van der Waals surface area contributed by atoms with Crippen LogP contribution in [-0.4, -0.2) is 34.4 Å². The van der Waals surface area contributed by atoms with E-state index in [1.165, 1.54) is 23.1 Å². The van der Waals surface area contributed by atoms with Crippen molar-refractivity contribution in [1.29, 1.82) is 0 Å². The second kappa shape index (κ2) is 8.83. The largest absolute Gasteiger partial charge is 0.454 e. The number of hydrogen-bond acceptors (Lipinski definition) is 6. The van der Waals surface area contributed by atoms with Crippen LogP contribution in [0.15, 0.2) is 47.4 Å². The second-order valence-corrected chi connectivity index (χ2v) is 8.46. The lowest BCUT2D eigenvalue weighted by molar-refractivity contribution is -0.137. The normalized spacial score (nSPS) is 16.7. The van der Waals surface area contributed by atoms with Crippen molar-refractivity contribution in [3.05, 3.63) is 58.5 Å². The van der Waals surface area contributed by atoms with E-state index in [0.717, 1.165) is 23.4 Å². The van der Waals surface area contributed by atoms with Crippen molar-refractivity contribution in [2.75, 3.05) is 18.7 Å². The van der Waals surface area contributed by atoms with Gasteiger partial charge in [-0.1, -0.05) is 42.2 Å². The highest BCUT2D eigenvalue weighted by molar-refractivity contribution is 8.26. The molecule has 1 saturated heterocycles. The standard InChI is InChI=1S/C21H15F3N2O4S2/c22-21(23,24)13-3-1-2-4-14(13)25-18(27)7-8-26-19(28)17(32-20(26)31)10-12-5-6-15-16(9-12)30-11-29-15/h1-6,9-10H,7-8,11H2,(H,25,27)/b17-10-. The molecule has 0 aliphatic carbocycles. The Balaban J connectivity index is 1.40. The van der Waals surface area contributed by atoms with Gasteiger partial charge in [0.1, 0.15) is 4.32 Å². The van der Waals surface area contributed by atoms with Crippen LogP contribution in [0.4, 0.5) is 18.9 Å². The molecule has 2 aliphatic heterocycles.